The second-order valence-electron chi connectivity index (χ2n) is 6.68. The van der Waals surface area contributed by atoms with Gasteiger partial charge in [0.1, 0.15) is 5.69 Å². The number of hydrogen-bond donors (Lipinski definition) is 0. The summed E-state index contributed by atoms with van der Waals surface area (Å²) in [5.74, 6) is -0.0797. The van der Waals surface area contributed by atoms with E-state index in [0.29, 0.717) is 10.7 Å². The number of halogens is 1. The number of hydrogen-bond acceptors (Lipinski definition) is 4. The van der Waals surface area contributed by atoms with E-state index >= 15 is 0 Å². The zero-order valence-corrected chi connectivity index (χ0v) is 15.7. The predicted molar refractivity (Wildman–Crippen MR) is 104 cm³/mol. The third kappa shape index (κ3) is 3.55. The summed E-state index contributed by atoms with van der Waals surface area (Å²) in [7, 11) is 0. The Morgan fingerprint density at radius 1 is 1.19 bits per heavy atom. The highest BCUT2D eigenvalue weighted by Gasteiger charge is 2.32. The maximum atomic E-state index is 12.9. The van der Waals surface area contributed by atoms with E-state index in [4.69, 9.17) is 11.6 Å². The smallest absolute Gasteiger partial charge is 0.274 e. The van der Waals surface area contributed by atoms with Crippen LogP contribution in [0.5, 0.6) is 0 Å². The van der Waals surface area contributed by atoms with Gasteiger partial charge in [0.15, 0.2) is 0 Å². The van der Waals surface area contributed by atoms with Crippen LogP contribution in [0.1, 0.15) is 40.5 Å². The van der Waals surface area contributed by atoms with Crippen molar-refractivity contribution in [2.24, 2.45) is 0 Å². The molecule has 1 aliphatic heterocycles. The zero-order valence-electron chi connectivity index (χ0n) is 15.0. The van der Waals surface area contributed by atoms with Crippen LogP contribution in [0.4, 0.5) is 0 Å². The third-order valence-electron chi connectivity index (χ3n) is 4.93. The molecule has 0 spiro atoms. The van der Waals surface area contributed by atoms with Crippen LogP contribution in [0.2, 0.25) is 5.02 Å². The van der Waals surface area contributed by atoms with E-state index in [1.165, 1.54) is 6.20 Å². The van der Waals surface area contributed by atoms with Crippen molar-refractivity contribution in [3.63, 3.8) is 0 Å². The number of aryl methyl sites for hydroxylation is 1. The van der Waals surface area contributed by atoms with Crippen LogP contribution in [0.15, 0.2) is 55.1 Å². The van der Waals surface area contributed by atoms with Crippen LogP contribution < -0.4 is 0 Å². The molecule has 1 fully saturated rings. The van der Waals surface area contributed by atoms with Crippen molar-refractivity contribution in [1.82, 2.24) is 19.9 Å². The van der Waals surface area contributed by atoms with E-state index in [-0.39, 0.29) is 11.9 Å². The molecule has 2 aromatic heterocycles. The first-order valence-electron chi connectivity index (χ1n) is 8.93. The number of nitrogens with zero attached hydrogens (tertiary/aromatic N) is 4. The van der Waals surface area contributed by atoms with Crippen molar-refractivity contribution in [1.29, 1.82) is 0 Å². The van der Waals surface area contributed by atoms with Gasteiger partial charge in [-0.2, -0.15) is 0 Å². The molecule has 27 heavy (non-hydrogen) atoms. The molecular formula is C21H19ClN4O. The Labute approximate surface area is 163 Å². The maximum absolute atomic E-state index is 12.9. The van der Waals surface area contributed by atoms with Gasteiger partial charge in [-0.15, -0.1) is 0 Å². The molecule has 1 unspecified atom stereocenters. The number of benzene rings is 1. The highest BCUT2D eigenvalue weighted by molar-refractivity contribution is 6.30. The molecule has 6 heteroatoms. The van der Waals surface area contributed by atoms with E-state index in [9.17, 15) is 4.79 Å². The molecular weight excluding hydrogens is 360 g/mol. The Morgan fingerprint density at radius 3 is 2.81 bits per heavy atom. The molecule has 0 saturated carbocycles. The minimum Gasteiger partial charge on any atom is -0.330 e. The standard InChI is InChI=1S/C21H19ClN4O/c1-14-10-18(15-4-2-5-16(22)11-15)25-12-17(14)20-6-3-9-26(20)21(27)19-13-23-7-8-24-19/h2,4-5,7-8,10-13,20H,3,6,9H2,1H3. The number of pyridine rings is 1. The van der Waals surface area contributed by atoms with Crippen molar-refractivity contribution in [3.8, 4) is 11.3 Å². The average molecular weight is 379 g/mol. The highest BCUT2D eigenvalue weighted by Crippen LogP contribution is 2.35. The van der Waals surface area contributed by atoms with Gasteiger partial charge in [-0.25, -0.2) is 4.98 Å². The Bertz CT molecular complexity index is 977. The van der Waals surface area contributed by atoms with Crippen LogP contribution in [0, 0.1) is 6.92 Å². The number of likely N-dealkylation sites (tertiary alicyclic amines) is 1. The number of amides is 1. The van der Waals surface area contributed by atoms with Crippen molar-refractivity contribution in [3.05, 3.63) is 77.0 Å². The molecule has 1 amide bonds. The first-order chi connectivity index (χ1) is 13.1. The fourth-order valence-electron chi connectivity index (χ4n) is 3.61. The largest absolute Gasteiger partial charge is 0.330 e. The summed E-state index contributed by atoms with van der Waals surface area (Å²) in [6, 6.07) is 9.74. The molecule has 1 atom stereocenters. The lowest BCUT2D eigenvalue weighted by Crippen LogP contribution is -2.31. The molecule has 0 radical (unpaired) electrons. The van der Waals surface area contributed by atoms with Gasteiger partial charge in [0.25, 0.3) is 5.91 Å². The van der Waals surface area contributed by atoms with Crippen molar-refractivity contribution >= 4 is 17.5 Å². The Hall–Kier alpha value is -2.79. The van der Waals surface area contributed by atoms with Gasteiger partial charge in [-0.05, 0) is 49.1 Å². The van der Waals surface area contributed by atoms with Gasteiger partial charge in [-0.3, -0.25) is 14.8 Å². The Balaban J connectivity index is 1.63. The summed E-state index contributed by atoms with van der Waals surface area (Å²) in [6.07, 6.45) is 8.41. The predicted octanol–water partition coefficient (Wildman–Crippen LogP) is 4.48. The highest BCUT2D eigenvalue weighted by atomic mass is 35.5. The molecule has 1 saturated heterocycles. The monoisotopic (exact) mass is 378 g/mol. The summed E-state index contributed by atoms with van der Waals surface area (Å²) in [5.41, 5.74) is 4.43. The van der Waals surface area contributed by atoms with Gasteiger partial charge < -0.3 is 4.90 Å². The molecule has 136 valence electrons. The first-order valence-corrected chi connectivity index (χ1v) is 9.31. The average Bonchev–Trinajstić information content (AvgIpc) is 3.17. The molecule has 1 aliphatic rings. The summed E-state index contributed by atoms with van der Waals surface area (Å²) < 4.78 is 0. The molecule has 3 aromatic rings. The lowest BCUT2D eigenvalue weighted by molar-refractivity contribution is 0.0728. The molecule has 1 aromatic carbocycles. The van der Waals surface area contributed by atoms with E-state index in [2.05, 4.69) is 27.9 Å². The first kappa shape index (κ1) is 17.6. The number of aromatic nitrogens is 3. The molecule has 4 rings (SSSR count). The third-order valence-corrected chi connectivity index (χ3v) is 5.16. The molecule has 3 heterocycles. The Kier molecular flexibility index (Phi) is 4.86. The van der Waals surface area contributed by atoms with Gasteiger partial charge >= 0.3 is 0 Å². The molecule has 5 nitrogen and oxygen atoms in total. The maximum Gasteiger partial charge on any atom is 0.274 e. The SMILES string of the molecule is Cc1cc(-c2cccc(Cl)c2)ncc1C1CCCN1C(=O)c1cnccn1. The molecule has 0 aliphatic carbocycles. The van der Waals surface area contributed by atoms with Crippen molar-refractivity contribution in [2.75, 3.05) is 6.54 Å². The number of rotatable bonds is 3. The molecule has 0 N–H and O–H groups in total. The lowest BCUT2D eigenvalue weighted by Gasteiger charge is -2.26. The summed E-state index contributed by atoms with van der Waals surface area (Å²) >= 11 is 6.10. The second-order valence-corrected chi connectivity index (χ2v) is 7.12. The minimum atomic E-state index is -0.0797. The van der Waals surface area contributed by atoms with E-state index in [1.807, 2.05) is 35.4 Å². The van der Waals surface area contributed by atoms with Crippen LogP contribution in [0.3, 0.4) is 0 Å². The fraction of sp³-hybridized carbons (Fsp3) is 0.238. The number of carbonyl (C=O) groups excluding carboxylic acids is 1. The van der Waals surface area contributed by atoms with E-state index < -0.39 is 0 Å². The van der Waals surface area contributed by atoms with Crippen LogP contribution in [-0.2, 0) is 0 Å². The van der Waals surface area contributed by atoms with Gasteiger partial charge in [0.2, 0.25) is 0 Å². The van der Waals surface area contributed by atoms with Crippen LogP contribution in [0.25, 0.3) is 11.3 Å². The van der Waals surface area contributed by atoms with Crippen molar-refractivity contribution < 1.29 is 4.79 Å². The quantitative estimate of drug-likeness (QED) is 0.674. The lowest BCUT2D eigenvalue weighted by atomic mass is 9.99. The van der Waals surface area contributed by atoms with Crippen molar-refractivity contribution in [2.45, 2.75) is 25.8 Å². The minimum absolute atomic E-state index is 0.0143. The van der Waals surface area contributed by atoms with E-state index in [1.54, 1.807) is 12.4 Å². The van der Waals surface area contributed by atoms with Crippen LogP contribution >= 0.6 is 11.6 Å². The van der Waals surface area contributed by atoms with Gasteiger partial charge in [0, 0.05) is 35.7 Å². The Morgan fingerprint density at radius 2 is 2.07 bits per heavy atom. The number of carbonyl (C=O) groups is 1. The normalized spacial score (nSPS) is 16.5. The summed E-state index contributed by atoms with van der Waals surface area (Å²) in [6.45, 7) is 2.78. The zero-order chi connectivity index (χ0) is 18.8. The molecule has 0 bridgehead atoms. The summed E-state index contributed by atoms with van der Waals surface area (Å²) in [5, 5.41) is 0.688. The summed E-state index contributed by atoms with van der Waals surface area (Å²) in [4.78, 5) is 27.5. The van der Waals surface area contributed by atoms with Gasteiger partial charge in [0.05, 0.1) is 17.9 Å². The van der Waals surface area contributed by atoms with Gasteiger partial charge in [-0.1, -0.05) is 23.7 Å². The topological polar surface area (TPSA) is 59.0 Å². The van der Waals surface area contributed by atoms with Crippen LogP contribution in [-0.4, -0.2) is 32.3 Å². The fourth-order valence-corrected chi connectivity index (χ4v) is 3.80. The van der Waals surface area contributed by atoms with E-state index in [0.717, 1.165) is 41.8 Å². The second kappa shape index (κ2) is 7.45.